The summed E-state index contributed by atoms with van der Waals surface area (Å²) in [7, 11) is 1.38. The van der Waals surface area contributed by atoms with Crippen molar-refractivity contribution in [1.82, 2.24) is 0 Å². The lowest BCUT2D eigenvalue weighted by Gasteiger charge is -2.17. The molecule has 2 N–H and O–H groups in total. The Labute approximate surface area is 131 Å². The molecule has 0 aliphatic carbocycles. The first kappa shape index (κ1) is 14.3. The fourth-order valence-electron chi connectivity index (χ4n) is 2.54. The van der Waals surface area contributed by atoms with E-state index in [1.807, 2.05) is 6.26 Å². The van der Waals surface area contributed by atoms with E-state index in [4.69, 9.17) is 10.5 Å². The zero-order valence-electron chi connectivity index (χ0n) is 11.9. The van der Waals surface area contributed by atoms with Gasteiger partial charge in [0.25, 0.3) is 0 Å². The normalized spacial score (nSPS) is 13.3. The van der Waals surface area contributed by atoms with Gasteiger partial charge in [0.1, 0.15) is 9.88 Å². The Morgan fingerprint density at radius 1 is 1.33 bits per heavy atom. The molecule has 1 aliphatic rings. The highest BCUT2D eigenvalue weighted by Gasteiger charge is 2.27. The van der Waals surface area contributed by atoms with Gasteiger partial charge in [-0.3, -0.25) is 0 Å². The molecule has 0 radical (unpaired) electrons. The van der Waals surface area contributed by atoms with Crippen LogP contribution in [0.25, 0.3) is 0 Å². The highest BCUT2D eigenvalue weighted by Crippen LogP contribution is 2.46. The number of benzene rings is 1. The first-order valence-corrected chi connectivity index (χ1v) is 8.56. The van der Waals surface area contributed by atoms with E-state index < -0.39 is 0 Å². The van der Waals surface area contributed by atoms with Crippen molar-refractivity contribution in [1.29, 1.82) is 0 Å². The van der Waals surface area contributed by atoms with Crippen molar-refractivity contribution in [2.24, 2.45) is 0 Å². The molecule has 0 spiro atoms. The molecule has 0 amide bonds. The summed E-state index contributed by atoms with van der Waals surface area (Å²) in [6, 6.07) is 8.40. The molecule has 0 unspecified atom stereocenters. The zero-order valence-corrected chi connectivity index (χ0v) is 13.5. The maximum atomic E-state index is 11.8. The number of rotatable bonds is 3. The van der Waals surface area contributed by atoms with Crippen LogP contribution in [0.1, 0.15) is 20.8 Å². The number of carbonyl (C=O) groups excluding carboxylic acids is 1. The summed E-state index contributed by atoms with van der Waals surface area (Å²) in [5.74, 6) is -0.365. The van der Waals surface area contributed by atoms with E-state index in [9.17, 15) is 4.79 Å². The number of nitrogens with two attached hydrogens (primary N) is 1. The van der Waals surface area contributed by atoms with Gasteiger partial charge < -0.3 is 15.4 Å². The quantitative estimate of drug-likeness (QED) is 0.694. The third-order valence-electron chi connectivity index (χ3n) is 3.59. The smallest absolute Gasteiger partial charge is 0.350 e. The van der Waals surface area contributed by atoms with Crippen LogP contribution in [0.15, 0.2) is 29.2 Å². The SMILES string of the molecule is COC(=O)c1sc(N2Cc3ccccc3C2)c(SC)c1N. The summed E-state index contributed by atoms with van der Waals surface area (Å²) >= 11 is 2.99. The highest BCUT2D eigenvalue weighted by atomic mass is 32.2. The molecule has 3 rings (SSSR count). The van der Waals surface area contributed by atoms with Gasteiger partial charge in [0, 0.05) is 13.1 Å². The summed E-state index contributed by atoms with van der Waals surface area (Å²) in [6.45, 7) is 1.70. The van der Waals surface area contributed by atoms with Crippen LogP contribution in [0.3, 0.4) is 0 Å². The Hall–Kier alpha value is -1.66. The van der Waals surface area contributed by atoms with E-state index in [1.165, 1.54) is 29.6 Å². The molecule has 21 heavy (non-hydrogen) atoms. The molecule has 0 saturated heterocycles. The lowest BCUT2D eigenvalue weighted by Crippen LogP contribution is -2.13. The van der Waals surface area contributed by atoms with Crippen LogP contribution in [-0.2, 0) is 17.8 Å². The molecular formula is C15H16N2O2S2. The Morgan fingerprint density at radius 3 is 2.48 bits per heavy atom. The standard InChI is InChI=1S/C15H16N2O2S2/c1-19-15(18)13-11(16)12(20-2)14(21-13)17-7-9-5-3-4-6-10(9)8-17/h3-6H,7-8,16H2,1-2H3. The number of anilines is 2. The van der Waals surface area contributed by atoms with Crippen LogP contribution in [0.5, 0.6) is 0 Å². The second-order valence-corrected chi connectivity index (χ2v) is 6.62. The highest BCUT2D eigenvalue weighted by molar-refractivity contribution is 7.99. The van der Waals surface area contributed by atoms with Gasteiger partial charge in [-0.05, 0) is 17.4 Å². The first-order chi connectivity index (χ1) is 10.2. The molecule has 0 atom stereocenters. The molecule has 0 bridgehead atoms. The Kier molecular flexibility index (Phi) is 3.82. The number of esters is 1. The predicted octanol–water partition coefficient (Wildman–Crippen LogP) is 3.36. The number of carbonyl (C=O) groups is 1. The molecule has 6 heteroatoms. The summed E-state index contributed by atoms with van der Waals surface area (Å²) in [5.41, 5.74) is 9.32. The van der Waals surface area contributed by atoms with Gasteiger partial charge in [-0.25, -0.2) is 4.79 Å². The van der Waals surface area contributed by atoms with E-state index in [0.717, 1.165) is 23.0 Å². The number of hydrogen-bond acceptors (Lipinski definition) is 6. The maximum absolute atomic E-state index is 11.8. The minimum Gasteiger partial charge on any atom is -0.465 e. The Balaban J connectivity index is 1.99. The van der Waals surface area contributed by atoms with Gasteiger partial charge >= 0.3 is 5.97 Å². The fraction of sp³-hybridized carbons (Fsp3) is 0.267. The van der Waals surface area contributed by atoms with Crippen molar-refractivity contribution in [3.8, 4) is 0 Å². The number of methoxy groups -OCH3 is 1. The summed E-state index contributed by atoms with van der Waals surface area (Å²) < 4.78 is 4.82. The van der Waals surface area contributed by atoms with Crippen molar-refractivity contribution >= 4 is 39.8 Å². The van der Waals surface area contributed by atoms with Crippen molar-refractivity contribution in [3.63, 3.8) is 0 Å². The van der Waals surface area contributed by atoms with Crippen molar-refractivity contribution in [2.45, 2.75) is 18.0 Å². The van der Waals surface area contributed by atoms with E-state index in [-0.39, 0.29) is 5.97 Å². The minimum atomic E-state index is -0.365. The van der Waals surface area contributed by atoms with E-state index >= 15 is 0 Å². The third kappa shape index (κ3) is 2.38. The first-order valence-electron chi connectivity index (χ1n) is 6.52. The van der Waals surface area contributed by atoms with E-state index in [1.54, 1.807) is 11.8 Å². The van der Waals surface area contributed by atoms with Gasteiger partial charge in [0.05, 0.1) is 17.7 Å². The van der Waals surface area contributed by atoms with Crippen LogP contribution >= 0.6 is 23.1 Å². The second kappa shape index (κ2) is 5.61. The lowest BCUT2D eigenvalue weighted by atomic mass is 10.1. The Morgan fingerprint density at radius 2 is 1.95 bits per heavy atom. The van der Waals surface area contributed by atoms with Crippen molar-refractivity contribution < 1.29 is 9.53 Å². The van der Waals surface area contributed by atoms with Crippen molar-refractivity contribution in [3.05, 3.63) is 40.3 Å². The predicted molar refractivity (Wildman–Crippen MR) is 88.2 cm³/mol. The minimum absolute atomic E-state index is 0.365. The lowest BCUT2D eigenvalue weighted by molar-refractivity contribution is 0.0607. The van der Waals surface area contributed by atoms with Gasteiger partial charge in [-0.15, -0.1) is 23.1 Å². The summed E-state index contributed by atoms with van der Waals surface area (Å²) in [5, 5.41) is 1.05. The number of nitrogen functional groups attached to an aromatic ring is 1. The molecule has 1 aliphatic heterocycles. The number of fused-ring (bicyclic) bond motifs is 1. The van der Waals surface area contributed by atoms with Crippen LogP contribution in [0.4, 0.5) is 10.7 Å². The molecule has 0 saturated carbocycles. The van der Waals surface area contributed by atoms with E-state index in [0.29, 0.717) is 10.6 Å². The monoisotopic (exact) mass is 320 g/mol. The van der Waals surface area contributed by atoms with Crippen LogP contribution < -0.4 is 10.6 Å². The average Bonchev–Trinajstić information content (AvgIpc) is 3.06. The molecule has 4 nitrogen and oxygen atoms in total. The molecule has 2 heterocycles. The summed E-state index contributed by atoms with van der Waals surface area (Å²) in [4.78, 5) is 15.6. The molecule has 2 aromatic rings. The topological polar surface area (TPSA) is 55.6 Å². The molecule has 0 fully saturated rings. The largest absolute Gasteiger partial charge is 0.465 e. The molecule has 1 aromatic carbocycles. The average molecular weight is 320 g/mol. The van der Waals surface area contributed by atoms with Gasteiger partial charge in [-0.2, -0.15) is 0 Å². The van der Waals surface area contributed by atoms with Crippen LogP contribution in [-0.4, -0.2) is 19.3 Å². The number of hydrogen-bond donors (Lipinski definition) is 1. The van der Waals surface area contributed by atoms with Crippen molar-refractivity contribution in [2.75, 3.05) is 24.0 Å². The number of thiophene rings is 1. The zero-order chi connectivity index (χ0) is 15.0. The van der Waals surface area contributed by atoms with Crippen LogP contribution in [0, 0.1) is 0 Å². The van der Waals surface area contributed by atoms with E-state index in [2.05, 4.69) is 29.2 Å². The fourth-order valence-corrected chi connectivity index (χ4v) is 4.64. The number of ether oxygens (including phenoxy) is 1. The number of thioether (sulfide) groups is 1. The summed E-state index contributed by atoms with van der Waals surface area (Å²) in [6.07, 6.45) is 1.98. The number of nitrogens with zero attached hydrogens (tertiary/aromatic N) is 1. The second-order valence-electron chi connectivity index (χ2n) is 4.80. The maximum Gasteiger partial charge on any atom is 0.350 e. The molecule has 110 valence electrons. The van der Waals surface area contributed by atoms with Gasteiger partial charge in [0.2, 0.25) is 0 Å². The molecular weight excluding hydrogens is 304 g/mol. The third-order valence-corrected chi connectivity index (χ3v) is 5.78. The van der Waals surface area contributed by atoms with Gasteiger partial charge in [-0.1, -0.05) is 24.3 Å². The Bertz CT molecular complexity index is 672. The van der Waals surface area contributed by atoms with Crippen LogP contribution in [0.2, 0.25) is 0 Å². The van der Waals surface area contributed by atoms with Gasteiger partial charge in [0.15, 0.2) is 0 Å². The molecule has 1 aromatic heterocycles.